The molecule has 0 saturated carbocycles. The number of hydrogen-bond donors (Lipinski definition) is 0. The number of rotatable bonds is 3. The molecule has 2 aliphatic rings. The summed E-state index contributed by atoms with van der Waals surface area (Å²) in [6.07, 6.45) is -3.74. The van der Waals surface area contributed by atoms with Gasteiger partial charge >= 0.3 is 11.9 Å². The van der Waals surface area contributed by atoms with Gasteiger partial charge in [-0.2, -0.15) is 0 Å². The van der Waals surface area contributed by atoms with Crippen LogP contribution < -0.4 is 0 Å². The number of hydrogen-bond acceptors (Lipinski definition) is 8. The van der Waals surface area contributed by atoms with Crippen molar-refractivity contribution < 1.29 is 38.0 Å². The number of ether oxygens (including phenoxy) is 6. The van der Waals surface area contributed by atoms with Crippen molar-refractivity contribution in [3.8, 4) is 0 Å². The van der Waals surface area contributed by atoms with Gasteiger partial charge in [-0.1, -0.05) is 0 Å². The van der Waals surface area contributed by atoms with Gasteiger partial charge in [0.15, 0.2) is 23.8 Å². The summed E-state index contributed by atoms with van der Waals surface area (Å²) >= 11 is 0. The first-order valence-electron chi connectivity index (χ1n) is 6.97. The molecule has 126 valence electrons. The van der Waals surface area contributed by atoms with Crippen molar-refractivity contribution in [3.05, 3.63) is 0 Å². The molecule has 0 N–H and O–H groups in total. The SMILES string of the molecule is COC(=O)[C@@H]1OC(C)(C)O[C@@H]1[C@H]1OC(C)(C)O[C@H]1C(=O)OC. The molecule has 0 amide bonds. The van der Waals surface area contributed by atoms with E-state index in [-0.39, 0.29) is 0 Å². The molecule has 0 spiro atoms. The summed E-state index contributed by atoms with van der Waals surface area (Å²) in [4.78, 5) is 23.9. The van der Waals surface area contributed by atoms with Gasteiger partial charge in [0.05, 0.1) is 14.2 Å². The Balaban J connectivity index is 2.29. The fraction of sp³-hybridized carbons (Fsp3) is 0.857. The Bertz CT molecular complexity index is 416. The lowest BCUT2D eigenvalue weighted by Crippen LogP contribution is -2.48. The van der Waals surface area contributed by atoms with Crippen molar-refractivity contribution in [2.45, 2.75) is 63.7 Å². The molecule has 0 aromatic rings. The zero-order valence-corrected chi connectivity index (χ0v) is 13.6. The first-order valence-corrected chi connectivity index (χ1v) is 6.97. The van der Waals surface area contributed by atoms with Gasteiger partial charge in [-0.25, -0.2) is 9.59 Å². The molecule has 0 aromatic carbocycles. The van der Waals surface area contributed by atoms with Gasteiger partial charge in [0.25, 0.3) is 0 Å². The van der Waals surface area contributed by atoms with E-state index >= 15 is 0 Å². The van der Waals surface area contributed by atoms with Crippen LogP contribution in [-0.2, 0) is 38.0 Å². The average Bonchev–Trinajstić information content (AvgIpc) is 2.93. The third-order valence-electron chi connectivity index (χ3n) is 3.45. The second-order valence-corrected chi connectivity index (χ2v) is 6.09. The number of esters is 2. The molecule has 0 unspecified atom stereocenters. The van der Waals surface area contributed by atoms with Crippen LogP contribution in [0, 0.1) is 0 Å². The van der Waals surface area contributed by atoms with Crippen LogP contribution in [0.1, 0.15) is 27.7 Å². The highest BCUT2D eigenvalue weighted by Gasteiger charge is 2.58. The highest BCUT2D eigenvalue weighted by molar-refractivity contribution is 5.78. The maximum absolute atomic E-state index is 11.9. The average molecular weight is 318 g/mol. The molecule has 4 atom stereocenters. The highest BCUT2D eigenvalue weighted by Crippen LogP contribution is 2.39. The zero-order valence-electron chi connectivity index (χ0n) is 13.6. The molecule has 0 aromatic heterocycles. The second kappa shape index (κ2) is 5.77. The molecule has 0 aliphatic carbocycles. The summed E-state index contributed by atoms with van der Waals surface area (Å²) in [5.41, 5.74) is 0. The van der Waals surface area contributed by atoms with E-state index in [4.69, 9.17) is 28.4 Å². The molecule has 0 radical (unpaired) electrons. The Hall–Kier alpha value is -1.22. The van der Waals surface area contributed by atoms with Crippen LogP contribution in [0.15, 0.2) is 0 Å². The Morgan fingerprint density at radius 1 is 0.727 bits per heavy atom. The van der Waals surface area contributed by atoms with E-state index in [9.17, 15) is 9.59 Å². The smallest absolute Gasteiger partial charge is 0.337 e. The van der Waals surface area contributed by atoms with Crippen LogP contribution in [0.4, 0.5) is 0 Å². The van der Waals surface area contributed by atoms with Crippen LogP contribution in [-0.4, -0.2) is 62.1 Å². The summed E-state index contributed by atoms with van der Waals surface area (Å²) in [6.45, 7) is 6.65. The lowest BCUT2D eigenvalue weighted by Gasteiger charge is -2.24. The summed E-state index contributed by atoms with van der Waals surface area (Å²) < 4.78 is 32.1. The maximum Gasteiger partial charge on any atom is 0.337 e. The standard InChI is InChI=1S/C14H22O8/c1-13(2)19-7(9(21-13)11(15)17-5)8-10(12(16)18-6)22-14(3,4)20-8/h7-10H,1-6H3/t7-,8-,9-,10-/m1/s1. The molecule has 8 heteroatoms. The fourth-order valence-electron chi connectivity index (χ4n) is 2.66. The van der Waals surface area contributed by atoms with Gasteiger partial charge in [-0.05, 0) is 27.7 Å². The van der Waals surface area contributed by atoms with E-state index in [0.29, 0.717) is 0 Å². The molecular weight excluding hydrogens is 296 g/mol. The molecule has 2 saturated heterocycles. The predicted octanol–water partition coefficient (Wildman–Crippen LogP) is 0.373. The maximum atomic E-state index is 11.9. The Morgan fingerprint density at radius 3 is 1.32 bits per heavy atom. The predicted molar refractivity (Wildman–Crippen MR) is 71.7 cm³/mol. The van der Waals surface area contributed by atoms with Gasteiger partial charge in [-0.15, -0.1) is 0 Å². The summed E-state index contributed by atoms with van der Waals surface area (Å²) in [7, 11) is 2.50. The van der Waals surface area contributed by atoms with E-state index in [1.165, 1.54) is 14.2 Å². The molecule has 22 heavy (non-hydrogen) atoms. The minimum Gasteiger partial charge on any atom is -0.467 e. The quantitative estimate of drug-likeness (QED) is 0.690. The number of methoxy groups -OCH3 is 2. The minimum atomic E-state index is -1.02. The van der Waals surface area contributed by atoms with E-state index in [1.54, 1.807) is 27.7 Å². The van der Waals surface area contributed by atoms with Crippen molar-refractivity contribution in [2.24, 2.45) is 0 Å². The van der Waals surface area contributed by atoms with Gasteiger partial charge in [0.1, 0.15) is 12.2 Å². The monoisotopic (exact) mass is 318 g/mol. The summed E-state index contributed by atoms with van der Waals surface area (Å²) in [5.74, 6) is -3.24. The number of carbonyl (C=O) groups is 2. The number of carbonyl (C=O) groups excluding carboxylic acids is 2. The van der Waals surface area contributed by atoms with Crippen LogP contribution in [0.2, 0.25) is 0 Å². The normalized spacial score (nSPS) is 36.1. The highest BCUT2D eigenvalue weighted by atomic mass is 16.8. The first kappa shape index (κ1) is 17.1. The third kappa shape index (κ3) is 3.24. The third-order valence-corrected chi connectivity index (χ3v) is 3.45. The van der Waals surface area contributed by atoms with Crippen molar-refractivity contribution in [3.63, 3.8) is 0 Å². The lowest BCUT2D eigenvalue weighted by molar-refractivity contribution is -0.177. The van der Waals surface area contributed by atoms with E-state index in [2.05, 4.69) is 0 Å². The Morgan fingerprint density at radius 2 is 1.05 bits per heavy atom. The van der Waals surface area contributed by atoms with Crippen LogP contribution in [0.3, 0.4) is 0 Å². The Kier molecular flexibility index (Phi) is 4.49. The fourth-order valence-corrected chi connectivity index (χ4v) is 2.66. The van der Waals surface area contributed by atoms with Crippen LogP contribution >= 0.6 is 0 Å². The molecule has 2 rings (SSSR count). The molecular formula is C14H22O8. The van der Waals surface area contributed by atoms with Crippen molar-refractivity contribution in [1.82, 2.24) is 0 Å². The van der Waals surface area contributed by atoms with Crippen molar-refractivity contribution in [1.29, 1.82) is 0 Å². The summed E-state index contributed by atoms with van der Waals surface area (Å²) in [6, 6.07) is 0. The molecule has 8 nitrogen and oxygen atoms in total. The molecule has 2 heterocycles. The van der Waals surface area contributed by atoms with Crippen LogP contribution in [0.5, 0.6) is 0 Å². The Labute approximate surface area is 128 Å². The topological polar surface area (TPSA) is 89.5 Å². The van der Waals surface area contributed by atoms with Gasteiger partial charge in [-0.3, -0.25) is 0 Å². The van der Waals surface area contributed by atoms with Gasteiger partial charge in [0.2, 0.25) is 0 Å². The second-order valence-electron chi connectivity index (χ2n) is 6.09. The largest absolute Gasteiger partial charge is 0.467 e. The summed E-state index contributed by atoms with van der Waals surface area (Å²) in [5, 5.41) is 0. The first-order chi connectivity index (χ1) is 10.1. The zero-order chi connectivity index (χ0) is 16.7. The molecule has 0 bridgehead atoms. The lowest BCUT2D eigenvalue weighted by atomic mass is 10.0. The van der Waals surface area contributed by atoms with Gasteiger partial charge in [0, 0.05) is 0 Å². The van der Waals surface area contributed by atoms with Gasteiger partial charge < -0.3 is 28.4 Å². The van der Waals surface area contributed by atoms with E-state index < -0.39 is 47.9 Å². The van der Waals surface area contributed by atoms with Crippen LogP contribution in [0.25, 0.3) is 0 Å². The molecule has 2 aliphatic heterocycles. The van der Waals surface area contributed by atoms with E-state index in [0.717, 1.165) is 0 Å². The van der Waals surface area contributed by atoms with Crippen molar-refractivity contribution >= 4 is 11.9 Å². The van der Waals surface area contributed by atoms with E-state index in [1.807, 2.05) is 0 Å². The molecule has 2 fully saturated rings. The van der Waals surface area contributed by atoms with Crippen molar-refractivity contribution in [2.75, 3.05) is 14.2 Å². The minimum absolute atomic E-state index is 0.604.